The first kappa shape index (κ1) is 16.1. The number of hydrogen-bond acceptors (Lipinski definition) is 5. The van der Waals surface area contributed by atoms with Gasteiger partial charge in [0.1, 0.15) is 22.9 Å². The lowest BCUT2D eigenvalue weighted by Gasteiger charge is -2.04. The Labute approximate surface area is 154 Å². The molecule has 3 heterocycles. The molecule has 3 aromatic heterocycles. The zero-order valence-corrected chi connectivity index (χ0v) is 14.6. The van der Waals surface area contributed by atoms with E-state index in [0.717, 1.165) is 16.9 Å². The molecule has 8 heteroatoms. The van der Waals surface area contributed by atoms with Crippen molar-refractivity contribution in [3.05, 3.63) is 65.3 Å². The van der Waals surface area contributed by atoms with Crippen LogP contribution in [0.4, 0.5) is 0 Å². The van der Waals surface area contributed by atoms with Crippen molar-refractivity contribution in [1.29, 1.82) is 5.26 Å². The smallest absolute Gasteiger partial charge is 0.156 e. The number of nitriles is 1. The molecule has 0 spiro atoms. The number of methoxy groups -OCH3 is 1. The standard InChI is InChI=1S/C18H13ClN6O/c1-26-15-4-2-12(3-5-15)9-24-10-14(8-21-24)16-11-25-17(18(19)23-16)13(6-20)7-22-25/h2-5,7-8,10-11H,9H2,1H3. The number of rotatable bonds is 4. The lowest BCUT2D eigenvalue weighted by molar-refractivity contribution is 0.414. The maximum atomic E-state index is 9.10. The fraction of sp³-hybridized carbons (Fsp3) is 0.111. The van der Waals surface area contributed by atoms with Crippen LogP contribution >= 0.6 is 11.6 Å². The minimum absolute atomic E-state index is 0.236. The van der Waals surface area contributed by atoms with E-state index in [4.69, 9.17) is 21.6 Å². The van der Waals surface area contributed by atoms with Gasteiger partial charge in [0.05, 0.1) is 37.9 Å². The van der Waals surface area contributed by atoms with E-state index in [0.29, 0.717) is 23.3 Å². The summed E-state index contributed by atoms with van der Waals surface area (Å²) in [5.74, 6) is 0.818. The highest BCUT2D eigenvalue weighted by Gasteiger charge is 2.13. The minimum atomic E-state index is 0.236. The third kappa shape index (κ3) is 2.87. The molecule has 7 nitrogen and oxygen atoms in total. The maximum absolute atomic E-state index is 9.10. The number of halogens is 1. The molecule has 4 rings (SSSR count). The second-order valence-corrected chi connectivity index (χ2v) is 6.01. The first-order valence-corrected chi connectivity index (χ1v) is 8.15. The molecule has 4 aromatic rings. The van der Waals surface area contributed by atoms with Crippen LogP contribution in [0.15, 0.2) is 49.1 Å². The summed E-state index contributed by atoms with van der Waals surface area (Å²) in [6.07, 6.45) is 6.82. The van der Waals surface area contributed by atoms with Gasteiger partial charge in [0.25, 0.3) is 0 Å². The van der Waals surface area contributed by atoms with Gasteiger partial charge in [0, 0.05) is 11.8 Å². The summed E-state index contributed by atoms with van der Waals surface area (Å²) >= 11 is 6.24. The van der Waals surface area contributed by atoms with E-state index in [1.165, 1.54) is 6.20 Å². The maximum Gasteiger partial charge on any atom is 0.156 e. The van der Waals surface area contributed by atoms with Crippen molar-refractivity contribution in [3.63, 3.8) is 0 Å². The Morgan fingerprint density at radius 3 is 2.69 bits per heavy atom. The Balaban J connectivity index is 1.63. The first-order valence-electron chi connectivity index (χ1n) is 7.77. The molecule has 0 bridgehead atoms. The molecule has 0 aliphatic heterocycles. The molecule has 1 aromatic carbocycles. The van der Waals surface area contributed by atoms with E-state index < -0.39 is 0 Å². The van der Waals surface area contributed by atoms with Crippen LogP contribution in [-0.2, 0) is 6.54 Å². The van der Waals surface area contributed by atoms with Crippen molar-refractivity contribution in [1.82, 2.24) is 24.4 Å². The molecule has 0 saturated carbocycles. The number of hydrogen-bond donors (Lipinski definition) is 0. The summed E-state index contributed by atoms with van der Waals surface area (Å²) in [5, 5.41) is 17.9. The summed E-state index contributed by atoms with van der Waals surface area (Å²) in [6, 6.07) is 9.88. The number of fused-ring (bicyclic) bond motifs is 1. The fourth-order valence-corrected chi connectivity index (χ4v) is 2.97. The molecular weight excluding hydrogens is 352 g/mol. The van der Waals surface area contributed by atoms with Gasteiger partial charge in [0.2, 0.25) is 0 Å². The predicted molar refractivity (Wildman–Crippen MR) is 96.0 cm³/mol. The zero-order chi connectivity index (χ0) is 18.1. The van der Waals surface area contributed by atoms with Crippen molar-refractivity contribution in [3.8, 4) is 23.1 Å². The van der Waals surface area contributed by atoms with Crippen LogP contribution in [-0.4, -0.2) is 31.5 Å². The van der Waals surface area contributed by atoms with Crippen molar-refractivity contribution in [2.45, 2.75) is 6.54 Å². The summed E-state index contributed by atoms with van der Waals surface area (Å²) in [7, 11) is 1.64. The van der Waals surface area contributed by atoms with Gasteiger partial charge in [-0.25, -0.2) is 9.50 Å². The monoisotopic (exact) mass is 364 g/mol. The van der Waals surface area contributed by atoms with Crippen LogP contribution in [0.2, 0.25) is 5.15 Å². The van der Waals surface area contributed by atoms with Crippen LogP contribution in [0.25, 0.3) is 16.8 Å². The molecule has 128 valence electrons. The molecular formula is C18H13ClN6O. The van der Waals surface area contributed by atoms with Gasteiger partial charge in [0.15, 0.2) is 5.15 Å². The highest BCUT2D eigenvalue weighted by atomic mass is 35.5. The molecule has 0 amide bonds. The van der Waals surface area contributed by atoms with Crippen LogP contribution in [0.3, 0.4) is 0 Å². The van der Waals surface area contributed by atoms with Crippen molar-refractivity contribution in [2.24, 2.45) is 0 Å². The van der Waals surface area contributed by atoms with E-state index in [1.807, 2.05) is 35.1 Å². The number of benzene rings is 1. The third-order valence-electron chi connectivity index (χ3n) is 4.01. The van der Waals surface area contributed by atoms with E-state index in [-0.39, 0.29) is 5.15 Å². The highest BCUT2D eigenvalue weighted by Crippen LogP contribution is 2.24. The SMILES string of the molecule is COc1ccc(Cn2cc(-c3cn4ncc(C#N)c4c(Cl)n3)cn2)cc1. The van der Waals surface area contributed by atoms with E-state index in [9.17, 15) is 0 Å². The van der Waals surface area contributed by atoms with E-state index >= 15 is 0 Å². The number of nitrogens with zero attached hydrogens (tertiary/aromatic N) is 6. The van der Waals surface area contributed by atoms with Crippen molar-refractivity contribution < 1.29 is 4.74 Å². The Morgan fingerprint density at radius 1 is 1.15 bits per heavy atom. The topological polar surface area (TPSA) is 81.0 Å². The summed E-state index contributed by atoms with van der Waals surface area (Å²) in [5.41, 5.74) is 3.45. The first-order chi connectivity index (χ1) is 12.7. The van der Waals surface area contributed by atoms with E-state index in [1.54, 1.807) is 24.0 Å². The molecule has 0 aliphatic rings. The van der Waals surface area contributed by atoms with Crippen molar-refractivity contribution >= 4 is 17.1 Å². The lowest BCUT2D eigenvalue weighted by atomic mass is 10.2. The second-order valence-electron chi connectivity index (χ2n) is 5.65. The van der Waals surface area contributed by atoms with Gasteiger partial charge in [-0.15, -0.1) is 0 Å². The van der Waals surface area contributed by atoms with Gasteiger partial charge in [-0.2, -0.15) is 15.5 Å². The summed E-state index contributed by atoms with van der Waals surface area (Å²) in [4.78, 5) is 4.38. The summed E-state index contributed by atoms with van der Waals surface area (Å²) in [6.45, 7) is 0.625. The van der Waals surface area contributed by atoms with Crippen molar-refractivity contribution in [2.75, 3.05) is 7.11 Å². The lowest BCUT2D eigenvalue weighted by Crippen LogP contribution is -1.99. The molecule has 0 radical (unpaired) electrons. The largest absolute Gasteiger partial charge is 0.497 e. The summed E-state index contributed by atoms with van der Waals surface area (Å²) < 4.78 is 8.55. The molecule has 0 unspecified atom stereocenters. The predicted octanol–water partition coefficient (Wildman–Crippen LogP) is 3.17. The van der Waals surface area contributed by atoms with Gasteiger partial charge >= 0.3 is 0 Å². The molecule has 0 aliphatic carbocycles. The second kappa shape index (κ2) is 6.50. The van der Waals surface area contributed by atoms with Crippen LogP contribution in [0, 0.1) is 11.3 Å². The van der Waals surface area contributed by atoms with Gasteiger partial charge in [-0.05, 0) is 17.7 Å². The quantitative estimate of drug-likeness (QED) is 0.555. The normalized spacial score (nSPS) is 10.8. The number of aromatic nitrogens is 5. The molecule has 26 heavy (non-hydrogen) atoms. The Bertz CT molecular complexity index is 1120. The van der Waals surface area contributed by atoms with Gasteiger partial charge in [-0.1, -0.05) is 23.7 Å². The van der Waals surface area contributed by atoms with Crippen LogP contribution in [0.5, 0.6) is 5.75 Å². The average Bonchev–Trinajstić information content (AvgIpc) is 3.29. The minimum Gasteiger partial charge on any atom is -0.497 e. The molecule has 0 N–H and O–H groups in total. The zero-order valence-electron chi connectivity index (χ0n) is 13.8. The Hall–Kier alpha value is -3.37. The van der Waals surface area contributed by atoms with E-state index in [2.05, 4.69) is 21.3 Å². The van der Waals surface area contributed by atoms with Gasteiger partial charge in [-0.3, -0.25) is 4.68 Å². The molecule has 0 fully saturated rings. The Kier molecular flexibility index (Phi) is 4.03. The highest BCUT2D eigenvalue weighted by molar-refractivity contribution is 6.33. The molecule has 0 saturated heterocycles. The molecule has 0 atom stereocenters. The van der Waals surface area contributed by atoms with Gasteiger partial charge < -0.3 is 4.74 Å². The third-order valence-corrected chi connectivity index (χ3v) is 4.27. The number of ether oxygens (including phenoxy) is 1. The average molecular weight is 365 g/mol. The van der Waals surface area contributed by atoms with Crippen LogP contribution < -0.4 is 4.74 Å². The fourth-order valence-electron chi connectivity index (χ4n) is 2.69. The van der Waals surface area contributed by atoms with Crippen LogP contribution in [0.1, 0.15) is 11.1 Å². The Morgan fingerprint density at radius 2 is 1.96 bits per heavy atom.